The molecule has 4 rings (SSSR count). The minimum Gasteiger partial charge on any atom is -0.348 e. The Kier molecular flexibility index (Phi) is 6.01. The fraction of sp³-hybridized carbons (Fsp3) is 0.458. The van der Waals surface area contributed by atoms with Gasteiger partial charge < -0.3 is 15.1 Å². The van der Waals surface area contributed by atoms with E-state index in [1.165, 1.54) is 16.5 Å². The van der Waals surface area contributed by atoms with Crippen molar-refractivity contribution in [3.63, 3.8) is 0 Å². The highest BCUT2D eigenvalue weighted by Crippen LogP contribution is 2.45. The van der Waals surface area contributed by atoms with Crippen molar-refractivity contribution >= 4 is 38.9 Å². The molecule has 1 N–H and O–H groups in total. The second-order valence-electron chi connectivity index (χ2n) is 9.54. The molecule has 0 radical (unpaired) electrons. The molecule has 2 aliphatic heterocycles. The fourth-order valence-corrected chi connectivity index (χ4v) is 6.17. The molecular weight excluding hydrogens is 442 g/mol. The average Bonchev–Trinajstić information content (AvgIpc) is 2.65. The lowest BCUT2D eigenvalue weighted by Crippen LogP contribution is -2.63. The van der Waals surface area contributed by atoms with Crippen LogP contribution in [-0.4, -0.2) is 47.6 Å². The van der Waals surface area contributed by atoms with E-state index in [1.54, 1.807) is 0 Å². The highest BCUT2D eigenvalue weighted by Gasteiger charge is 2.48. The van der Waals surface area contributed by atoms with E-state index in [9.17, 15) is 0 Å². The second-order valence-corrected chi connectivity index (χ2v) is 10.8. The van der Waals surface area contributed by atoms with Crippen LogP contribution in [0.15, 0.2) is 59.1 Å². The molecule has 2 aliphatic rings. The third-order valence-corrected chi connectivity index (χ3v) is 6.98. The van der Waals surface area contributed by atoms with Gasteiger partial charge in [0.25, 0.3) is 0 Å². The van der Waals surface area contributed by atoms with Crippen LogP contribution in [0.3, 0.4) is 0 Å². The smallest absolute Gasteiger partial charge is 0.173 e. The number of nitrogens with zero attached hydrogens (tertiary/aromatic N) is 2. The number of halogens is 1. The first-order chi connectivity index (χ1) is 13.8. The molecule has 2 aromatic carbocycles. The predicted octanol–water partition coefficient (Wildman–Crippen LogP) is 5.42. The van der Waals surface area contributed by atoms with Crippen LogP contribution in [0.25, 0.3) is 0 Å². The minimum absolute atomic E-state index is 0.269. The molecule has 5 heteroatoms. The summed E-state index contributed by atoms with van der Waals surface area (Å²) in [6.45, 7) is 10.3. The Morgan fingerprint density at radius 1 is 1.00 bits per heavy atom. The molecule has 154 valence electrons. The third-order valence-electron chi connectivity index (χ3n) is 6.13. The maximum Gasteiger partial charge on any atom is 0.173 e. The van der Waals surface area contributed by atoms with E-state index in [4.69, 9.17) is 12.2 Å². The van der Waals surface area contributed by atoms with Gasteiger partial charge >= 0.3 is 0 Å². The molecule has 0 amide bonds. The number of hydrogen-bond acceptors (Lipinski definition) is 2. The van der Waals surface area contributed by atoms with Crippen molar-refractivity contribution in [2.45, 2.75) is 26.7 Å². The summed E-state index contributed by atoms with van der Waals surface area (Å²) in [7, 11) is 0. The Morgan fingerprint density at radius 3 is 2.34 bits per heavy atom. The maximum atomic E-state index is 5.79. The lowest BCUT2D eigenvalue weighted by Gasteiger charge is -2.57. The number of anilines is 1. The summed E-state index contributed by atoms with van der Waals surface area (Å²) in [5, 5.41) is 4.30. The number of benzene rings is 2. The van der Waals surface area contributed by atoms with Gasteiger partial charge in [-0.3, -0.25) is 0 Å². The summed E-state index contributed by atoms with van der Waals surface area (Å²) < 4.78 is 1.17. The number of rotatable bonds is 4. The lowest BCUT2D eigenvalue weighted by atomic mass is 9.65. The average molecular weight is 472 g/mol. The molecule has 2 unspecified atom stereocenters. The summed E-state index contributed by atoms with van der Waals surface area (Å²) in [4.78, 5) is 5.08. The number of para-hydroxylation sites is 1. The van der Waals surface area contributed by atoms with Crippen molar-refractivity contribution in [1.82, 2.24) is 9.80 Å². The zero-order valence-corrected chi connectivity index (χ0v) is 19.7. The first-order valence-corrected chi connectivity index (χ1v) is 11.6. The van der Waals surface area contributed by atoms with Crippen LogP contribution in [0, 0.1) is 10.8 Å². The zero-order chi connectivity index (χ0) is 20.5. The first-order valence-electron chi connectivity index (χ1n) is 10.4. The van der Waals surface area contributed by atoms with E-state index in [-0.39, 0.29) is 10.8 Å². The summed E-state index contributed by atoms with van der Waals surface area (Å²) in [5.41, 5.74) is 3.01. The molecule has 2 heterocycles. The molecular formula is C24H30BrN3S. The Bertz CT molecular complexity index is 853. The van der Waals surface area contributed by atoms with Crippen molar-refractivity contribution in [2.24, 2.45) is 10.8 Å². The van der Waals surface area contributed by atoms with E-state index in [1.807, 2.05) is 18.2 Å². The third kappa shape index (κ3) is 5.19. The van der Waals surface area contributed by atoms with E-state index in [2.05, 4.69) is 81.3 Å². The van der Waals surface area contributed by atoms with Crippen LogP contribution in [0.2, 0.25) is 0 Å². The number of piperidine rings is 2. The van der Waals surface area contributed by atoms with Gasteiger partial charge in [-0.15, -0.1) is 0 Å². The SMILES string of the molecule is CC12CN(CCc3cccc(Br)c3)CC(C)(CN(C(=S)Nc3ccccc3)C1)C2. The molecule has 3 nitrogen and oxygen atoms in total. The molecule has 2 fully saturated rings. The van der Waals surface area contributed by atoms with E-state index in [0.29, 0.717) is 0 Å². The van der Waals surface area contributed by atoms with Gasteiger partial charge in [-0.2, -0.15) is 0 Å². The van der Waals surface area contributed by atoms with Gasteiger partial charge in [-0.25, -0.2) is 0 Å². The predicted molar refractivity (Wildman–Crippen MR) is 129 cm³/mol. The van der Waals surface area contributed by atoms with Gasteiger partial charge in [0, 0.05) is 42.9 Å². The molecule has 2 atom stereocenters. The van der Waals surface area contributed by atoms with Gasteiger partial charge in [0.05, 0.1) is 0 Å². The highest BCUT2D eigenvalue weighted by molar-refractivity contribution is 9.10. The standard InChI is InChI=1S/C24H30BrN3S/c1-23-14-24(2,16-27(15-23)12-11-19-7-6-8-20(25)13-19)18-28(17-23)22(29)26-21-9-4-3-5-10-21/h3-10,13H,11-12,14-18H2,1-2H3,(H,26,29). The van der Waals surface area contributed by atoms with Crippen LogP contribution >= 0.6 is 28.1 Å². The monoisotopic (exact) mass is 471 g/mol. The summed E-state index contributed by atoms with van der Waals surface area (Å²) >= 11 is 9.38. The highest BCUT2D eigenvalue weighted by atomic mass is 79.9. The summed E-state index contributed by atoms with van der Waals surface area (Å²) in [6, 6.07) is 19.0. The largest absolute Gasteiger partial charge is 0.348 e. The van der Waals surface area contributed by atoms with E-state index < -0.39 is 0 Å². The molecule has 2 bridgehead atoms. The number of nitrogens with one attached hydrogen (secondary N) is 1. The number of fused-ring (bicyclic) bond motifs is 2. The number of thiocarbonyl (C=S) groups is 1. The van der Waals surface area contributed by atoms with Crippen molar-refractivity contribution in [2.75, 3.05) is 38.0 Å². The molecule has 0 saturated carbocycles. The number of hydrogen-bond donors (Lipinski definition) is 1. The Morgan fingerprint density at radius 2 is 1.69 bits per heavy atom. The molecule has 0 aromatic heterocycles. The summed E-state index contributed by atoms with van der Waals surface area (Å²) in [5.74, 6) is 0. The maximum absolute atomic E-state index is 5.79. The topological polar surface area (TPSA) is 18.5 Å². The Hall–Kier alpha value is -1.43. The van der Waals surface area contributed by atoms with E-state index >= 15 is 0 Å². The first kappa shape index (κ1) is 20.8. The zero-order valence-electron chi connectivity index (χ0n) is 17.3. The van der Waals surface area contributed by atoms with Crippen molar-refractivity contribution in [3.8, 4) is 0 Å². The summed E-state index contributed by atoms with van der Waals surface area (Å²) in [6.07, 6.45) is 2.38. The Balaban J connectivity index is 1.40. The molecule has 2 saturated heterocycles. The number of likely N-dealkylation sites (tertiary alicyclic amines) is 2. The van der Waals surface area contributed by atoms with Gasteiger partial charge in [-0.05, 0) is 65.7 Å². The molecule has 0 aliphatic carbocycles. The van der Waals surface area contributed by atoms with Gasteiger partial charge in [0.2, 0.25) is 0 Å². The quantitative estimate of drug-likeness (QED) is 0.599. The lowest BCUT2D eigenvalue weighted by molar-refractivity contribution is -0.0516. The molecule has 29 heavy (non-hydrogen) atoms. The van der Waals surface area contributed by atoms with Gasteiger partial charge in [-0.1, -0.05) is 60.1 Å². The fourth-order valence-electron chi connectivity index (χ4n) is 5.47. The van der Waals surface area contributed by atoms with Crippen LogP contribution in [0.5, 0.6) is 0 Å². The second kappa shape index (κ2) is 8.37. The van der Waals surface area contributed by atoms with Crippen LogP contribution < -0.4 is 5.32 Å². The van der Waals surface area contributed by atoms with Crippen molar-refractivity contribution < 1.29 is 0 Å². The van der Waals surface area contributed by atoms with Crippen molar-refractivity contribution in [1.29, 1.82) is 0 Å². The normalized spacial score (nSPS) is 26.9. The van der Waals surface area contributed by atoms with Crippen LogP contribution in [0.4, 0.5) is 5.69 Å². The van der Waals surface area contributed by atoms with Crippen LogP contribution in [-0.2, 0) is 6.42 Å². The van der Waals surface area contributed by atoms with Crippen molar-refractivity contribution in [3.05, 3.63) is 64.6 Å². The van der Waals surface area contributed by atoms with E-state index in [0.717, 1.165) is 49.9 Å². The minimum atomic E-state index is 0.269. The molecule has 0 spiro atoms. The van der Waals surface area contributed by atoms with Gasteiger partial charge in [0.1, 0.15) is 0 Å². The Labute approximate surface area is 188 Å². The van der Waals surface area contributed by atoms with Crippen LogP contribution in [0.1, 0.15) is 25.8 Å². The molecule has 2 aromatic rings. The van der Waals surface area contributed by atoms with Gasteiger partial charge in [0.15, 0.2) is 5.11 Å².